The van der Waals surface area contributed by atoms with E-state index in [2.05, 4.69) is 20.6 Å². The summed E-state index contributed by atoms with van der Waals surface area (Å²) in [4.78, 5) is 33.7. The molecule has 4 rings (SSSR count). The molecule has 0 bridgehead atoms. The Hall–Kier alpha value is -3.13. The molecule has 29 heavy (non-hydrogen) atoms. The smallest absolute Gasteiger partial charge is 0.262 e. The van der Waals surface area contributed by atoms with E-state index in [1.54, 1.807) is 18.2 Å². The summed E-state index contributed by atoms with van der Waals surface area (Å²) in [6.07, 6.45) is 0. The van der Waals surface area contributed by atoms with E-state index in [0.29, 0.717) is 22.2 Å². The van der Waals surface area contributed by atoms with Crippen molar-refractivity contribution in [3.8, 4) is 5.75 Å². The number of benzene rings is 2. The highest BCUT2D eigenvalue weighted by molar-refractivity contribution is 8.00. The predicted octanol–water partition coefficient (Wildman–Crippen LogP) is 3.76. The van der Waals surface area contributed by atoms with E-state index in [9.17, 15) is 9.59 Å². The number of anilines is 2. The molecule has 0 spiro atoms. The van der Waals surface area contributed by atoms with Gasteiger partial charge >= 0.3 is 0 Å². The molecule has 2 aromatic carbocycles. The van der Waals surface area contributed by atoms with Crippen molar-refractivity contribution in [2.24, 2.45) is 0 Å². The van der Waals surface area contributed by atoms with Crippen LogP contribution in [0, 0.1) is 0 Å². The highest BCUT2D eigenvalue weighted by Gasteiger charge is 2.22. The molecule has 1 atom stereocenters. The number of aromatic nitrogens is 2. The number of hydrogen-bond acceptors (Lipinski definition) is 7. The topological polar surface area (TPSA) is 93.2 Å². The van der Waals surface area contributed by atoms with Crippen LogP contribution in [-0.4, -0.2) is 40.1 Å². The highest BCUT2D eigenvalue weighted by atomic mass is 32.2. The minimum Gasteiger partial charge on any atom is -0.482 e. The summed E-state index contributed by atoms with van der Waals surface area (Å²) in [5.74, 6) is 1.02. The van der Waals surface area contributed by atoms with Gasteiger partial charge in [-0.2, -0.15) is 0 Å². The van der Waals surface area contributed by atoms with Crippen molar-refractivity contribution in [1.82, 2.24) is 9.97 Å². The number of nitrogens with one attached hydrogen (secondary N) is 2. The zero-order valence-electron chi connectivity index (χ0n) is 16.1. The van der Waals surface area contributed by atoms with Crippen molar-refractivity contribution in [3.63, 3.8) is 0 Å². The largest absolute Gasteiger partial charge is 0.482 e. The third-order valence-electron chi connectivity index (χ3n) is 4.48. The van der Waals surface area contributed by atoms with Crippen molar-refractivity contribution in [3.05, 3.63) is 48.0 Å². The maximum atomic E-state index is 12.9. The number of para-hydroxylation sites is 1. The van der Waals surface area contributed by atoms with Crippen LogP contribution in [0.4, 0.5) is 11.5 Å². The summed E-state index contributed by atoms with van der Waals surface area (Å²) < 4.78 is 5.35. The van der Waals surface area contributed by atoms with Gasteiger partial charge in [-0.05, 0) is 44.2 Å². The van der Waals surface area contributed by atoms with Crippen LogP contribution < -0.4 is 15.4 Å². The Morgan fingerprint density at radius 3 is 2.93 bits per heavy atom. The van der Waals surface area contributed by atoms with E-state index < -0.39 is 5.25 Å². The van der Waals surface area contributed by atoms with Crippen molar-refractivity contribution in [2.45, 2.75) is 24.3 Å². The van der Waals surface area contributed by atoms with Crippen LogP contribution >= 0.6 is 11.8 Å². The number of fused-ring (bicyclic) bond motifs is 2. The number of ketones is 1. The second-order valence-corrected chi connectivity index (χ2v) is 7.88. The number of thioether (sulfide) groups is 1. The second-order valence-electron chi connectivity index (χ2n) is 6.57. The van der Waals surface area contributed by atoms with E-state index in [1.807, 2.05) is 38.1 Å². The molecule has 2 heterocycles. The van der Waals surface area contributed by atoms with Crippen molar-refractivity contribution >= 4 is 45.9 Å². The molecule has 2 N–H and O–H groups in total. The van der Waals surface area contributed by atoms with Gasteiger partial charge in [0.1, 0.15) is 11.6 Å². The molecule has 148 valence electrons. The van der Waals surface area contributed by atoms with Gasteiger partial charge < -0.3 is 15.4 Å². The number of Topliss-reactive ketones (excluding diaryl/α,β-unsaturated/α-hetero) is 1. The van der Waals surface area contributed by atoms with Crippen LogP contribution in [0.3, 0.4) is 0 Å². The van der Waals surface area contributed by atoms with Crippen molar-refractivity contribution in [1.29, 1.82) is 0 Å². The van der Waals surface area contributed by atoms with Gasteiger partial charge in [0.2, 0.25) is 0 Å². The number of rotatable bonds is 6. The Morgan fingerprint density at radius 1 is 1.28 bits per heavy atom. The van der Waals surface area contributed by atoms with Crippen LogP contribution in [0.15, 0.2) is 47.6 Å². The second kappa shape index (κ2) is 8.08. The lowest BCUT2D eigenvalue weighted by Crippen LogP contribution is -2.25. The first-order valence-corrected chi connectivity index (χ1v) is 10.2. The van der Waals surface area contributed by atoms with Crippen LogP contribution in [-0.2, 0) is 4.79 Å². The Kier molecular flexibility index (Phi) is 5.35. The summed E-state index contributed by atoms with van der Waals surface area (Å²) >= 11 is 1.31. The first kappa shape index (κ1) is 19.2. The fourth-order valence-corrected chi connectivity index (χ4v) is 3.95. The molecule has 1 aliphatic rings. The van der Waals surface area contributed by atoms with Gasteiger partial charge in [-0.3, -0.25) is 9.59 Å². The number of ether oxygens (including phenoxy) is 1. The fourth-order valence-electron chi connectivity index (χ4n) is 3.09. The molecule has 0 fully saturated rings. The number of carbonyl (C=O) groups excluding carboxylic acids is 2. The lowest BCUT2D eigenvalue weighted by molar-refractivity contribution is -0.118. The molecule has 7 nitrogen and oxygen atoms in total. The zero-order valence-corrected chi connectivity index (χ0v) is 16.9. The molecule has 1 amide bonds. The zero-order chi connectivity index (χ0) is 20.4. The SMILES string of the molecule is CCNc1nc(S[C@H](C)C(=O)c2ccc3c(c2)NC(=O)CO3)nc2ccccc12. The Morgan fingerprint density at radius 2 is 2.10 bits per heavy atom. The third-order valence-corrected chi connectivity index (χ3v) is 5.44. The lowest BCUT2D eigenvalue weighted by atomic mass is 10.1. The third kappa shape index (κ3) is 4.02. The summed E-state index contributed by atoms with van der Waals surface area (Å²) in [5.41, 5.74) is 1.84. The molecule has 0 aliphatic carbocycles. The monoisotopic (exact) mass is 408 g/mol. The number of nitrogens with zero attached hydrogens (tertiary/aromatic N) is 2. The fraction of sp³-hybridized carbons (Fsp3) is 0.238. The van der Waals surface area contributed by atoms with E-state index >= 15 is 0 Å². The van der Waals surface area contributed by atoms with Gasteiger partial charge in [0.25, 0.3) is 5.91 Å². The molecule has 0 radical (unpaired) electrons. The molecule has 8 heteroatoms. The van der Waals surface area contributed by atoms with Gasteiger partial charge in [-0.15, -0.1) is 0 Å². The van der Waals surface area contributed by atoms with E-state index in [1.165, 1.54) is 11.8 Å². The maximum absolute atomic E-state index is 12.9. The van der Waals surface area contributed by atoms with E-state index in [-0.39, 0.29) is 18.3 Å². The van der Waals surface area contributed by atoms with Gasteiger partial charge in [0.05, 0.1) is 16.5 Å². The summed E-state index contributed by atoms with van der Waals surface area (Å²) in [6.45, 7) is 4.56. The molecular weight excluding hydrogens is 388 g/mol. The number of hydrogen-bond donors (Lipinski definition) is 2. The minimum atomic E-state index is -0.399. The quantitative estimate of drug-likeness (QED) is 0.364. The van der Waals surface area contributed by atoms with Gasteiger partial charge in [0, 0.05) is 17.5 Å². The van der Waals surface area contributed by atoms with Crippen LogP contribution in [0.25, 0.3) is 10.9 Å². The molecule has 3 aromatic rings. The Labute approximate surface area is 172 Å². The first-order chi connectivity index (χ1) is 14.0. The van der Waals surface area contributed by atoms with Gasteiger partial charge in [0.15, 0.2) is 17.5 Å². The first-order valence-electron chi connectivity index (χ1n) is 9.33. The standard InChI is InChI=1S/C21H20N4O3S/c1-3-22-20-14-6-4-5-7-15(14)24-21(25-20)29-12(2)19(27)13-8-9-17-16(10-13)23-18(26)11-28-17/h4-10,12H,3,11H2,1-2H3,(H,23,26)(H,22,24,25)/t12-/m1/s1. The van der Waals surface area contributed by atoms with E-state index in [4.69, 9.17) is 4.74 Å². The molecule has 1 aliphatic heterocycles. The summed E-state index contributed by atoms with van der Waals surface area (Å²) in [6, 6.07) is 12.8. The van der Waals surface area contributed by atoms with Crippen LogP contribution in [0.2, 0.25) is 0 Å². The average Bonchev–Trinajstić information content (AvgIpc) is 2.73. The summed E-state index contributed by atoms with van der Waals surface area (Å²) in [5, 5.41) is 7.07. The molecule has 1 aromatic heterocycles. The van der Waals surface area contributed by atoms with Crippen LogP contribution in [0.5, 0.6) is 5.75 Å². The van der Waals surface area contributed by atoms with Crippen LogP contribution in [0.1, 0.15) is 24.2 Å². The lowest BCUT2D eigenvalue weighted by Gasteiger charge is -2.19. The van der Waals surface area contributed by atoms with Gasteiger partial charge in [-0.25, -0.2) is 9.97 Å². The number of amides is 1. The predicted molar refractivity (Wildman–Crippen MR) is 114 cm³/mol. The molecule has 0 saturated carbocycles. The van der Waals surface area contributed by atoms with E-state index in [0.717, 1.165) is 23.3 Å². The highest BCUT2D eigenvalue weighted by Crippen LogP contribution is 2.31. The Bertz CT molecular complexity index is 1100. The van der Waals surface area contributed by atoms with Gasteiger partial charge in [-0.1, -0.05) is 23.9 Å². The van der Waals surface area contributed by atoms with Crippen molar-refractivity contribution in [2.75, 3.05) is 23.8 Å². The number of carbonyl (C=O) groups is 2. The maximum Gasteiger partial charge on any atom is 0.262 e. The molecular formula is C21H20N4O3S. The summed E-state index contributed by atoms with van der Waals surface area (Å²) in [7, 11) is 0. The molecule has 0 unspecified atom stereocenters. The average molecular weight is 408 g/mol. The molecule has 0 saturated heterocycles. The Balaban J connectivity index is 1.57. The normalized spacial score (nSPS) is 13.9. The minimum absolute atomic E-state index is 0.0139. The van der Waals surface area contributed by atoms with Crippen molar-refractivity contribution < 1.29 is 14.3 Å².